The number of hydrogen-bond acceptors (Lipinski definition) is 11. The van der Waals surface area contributed by atoms with Crippen LogP contribution in [0.1, 0.15) is 34.0 Å². The Kier molecular flexibility index (Phi) is 16.1. The lowest BCUT2D eigenvalue weighted by atomic mass is 9.94. The number of fused-ring (bicyclic) bond motifs is 3. The van der Waals surface area contributed by atoms with Gasteiger partial charge in [0.2, 0.25) is 34.8 Å². The molecule has 5 heterocycles. The monoisotopic (exact) mass is 1170 g/mol. The van der Waals surface area contributed by atoms with E-state index in [4.69, 9.17) is 45.4 Å². The third-order valence-electron chi connectivity index (χ3n) is 14.9. The van der Waals surface area contributed by atoms with Crippen LogP contribution in [0.3, 0.4) is 0 Å². The molecule has 21 heteroatoms. The number of para-hydroxylation sites is 2. The van der Waals surface area contributed by atoms with Crippen molar-refractivity contribution in [1.29, 1.82) is 0 Å². The van der Waals surface area contributed by atoms with Crippen LogP contribution in [0.2, 0.25) is 25.7 Å². The molecule has 8 aromatic rings. The molecule has 0 radical (unpaired) electrons. The molecule has 0 unspecified atom stereocenters. The topological polar surface area (TPSA) is 132 Å². The molecular formula is C62H55F5N4O10SSi. The zero-order valence-corrected chi connectivity index (χ0v) is 47.2. The fourth-order valence-corrected chi connectivity index (χ4v) is 11.7. The van der Waals surface area contributed by atoms with Crippen molar-refractivity contribution in [1.82, 2.24) is 18.9 Å². The number of amides is 3. The number of ether oxygens (including phenoxy) is 7. The Balaban J connectivity index is 1.07. The normalized spacial score (nSPS) is 19.0. The first kappa shape index (κ1) is 56.6. The van der Waals surface area contributed by atoms with Crippen molar-refractivity contribution < 1.29 is 69.5 Å². The molecule has 428 valence electrons. The number of nitrogens with zero attached hydrogens (tertiary/aromatic N) is 4. The summed E-state index contributed by atoms with van der Waals surface area (Å²) in [5.41, 5.74) is 4.17. The first-order valence-corrected chi connectivity index (χ1v) is 30.8. The van der Waals surface area contributed by atoms with E-state index in [0.717, 1.165) is 17.1 Å². The Bertz CT molecular complexity index is 3790. The molecule has 3 aliphatic rings. The number of halogens is 5. The first-order valence-electron chi connectivity index (χ1n) is 26.7. The second kappa shape index (κ2) is 23.6. The molecule has 2 aromatic heterocycles. The highest BCUT2D eigenvalue weighted by molar-refractivity contribution is 7.79. The molecule has 0 aliphatic carbocycles. The summed E-state index contributed by atoms with van der Waals surface area (Å²) in [6.45, 7) is 7.18. The summed E-state index contributed by atoms with van der Waals surface area (Å²) in [4.78, 5) is 47.8. The predicted octanol–water partition coefficient (Wildman–Crippen LogP) is 12.3. The Morgan fingerprint density at radius 1 is 0.651 bits per heavy atom. The van der Waals surface area contributed by atoms with Crippen LogP contribution >= 0.6 is 12.2 Å². The minimum absolute atomic E-state index is 0.0456. The van der Waals surface area contributed by atoms with Crippen LogP contribution in [0.4, 0.5) is 26.7 Å². The molecule has 0 spiro atoms. The molecule has 2 saturated heterocycles. The van der Waals surface area contributed by atoms with E-state index >= 15 is 18.4 Å². The summed E-state index contributed by atoms with van der Waals surface area (Å²) < 4.78 is 120. The number of carbonyl (C=O) groups is 3. The Hall–Kier alpha value is -8.21. The van der Waals surface area contributed by atoms with Crippen molar-refractivity contribution >= 4 is 76.4 Å². The number of imide groups is 1. The van der Waals surface area contributed by atoms with E-state index in [-0.39, 0.29) is 49.7 Å². The molecule has 0 saturated carbocycles. The molecule has 11 rings (SSSR count). The summed E-state index contributed by atoms with van der Waals surface area (Å²) >= 11 is 5.47. The second-order valence-electron chi connectivity index (χ2n) is 21.5. The number of rotatable bonds is 19. The minimum Gasteiger partial charge on any atom is -0.497 e. The molecular weight excluding hydrogens is 1120 g/mol. The number of carbonyl (C=O) groups excluding carboxylic acids is 3. The zero-order chi connectivity index (χ0) is 58.3. The maximum absolute atomic E-state index is 15.5. The van der Waals surface area contributed by atoms with Crippen LogP contribution in [0.15, 0.2) is 146 Å². The lowest BCUT2D eigenvalue weighted by molar-refractivity contribution is -0.214. The summed E-state index contributed by atoms with van der Waals surface area (Å²) in [6.07, 6.45) is -2.83. The van der Waals surface area contributed by atoms with Crippen LogP contribution in [0, 0.1) is 29.1 Å². The first-order chi connectivity index (χ1) is 40.0. The largest absolute Gasteiger partial charge is 0.497 e. The van der Waals surface area contributed by atoms with Gasteiger partial charge in [0, 0.05) is 67.7 Å². The quantitative estimate of drug-likeness (QED) is 0.0146. The van der Waals surface area contributed by atoms with Crippen molar-refractivity contribution in [2.75, 3.05) is 20.3 Å². The molecule has 3 aliphatic heterocycles. The van der Waals surface area contributed by atoms with Crippen molar-refractivity contribution in [3.05, 3.63) is 203 Å². The van der Waals surface area contributed by atoms with Crippen LogP contribution in [0.25, 0.3) is 33.0 Å². The number of benzene rings is 6. The van der Waals surface area contributed by atoms with Gasteiger partial charge < -0.3 is 42.3 Å². The molecule has 83 heavy (non-hydrogen) atoms. The Morgan fingerprint density at radius 3 is 1.84 bits per heavy atom. The van der Waals surface area contributed by atoms with Crippen molar-refractivity contribution in [2.24, 2.45) is 0 Å². The highest BCUT2D eigenvalue weighted by Gasteiger charge is 2.59. The van der Waals surface area contributed by atoms with Gasteiger partial charge in [-0.1, -0.05) is 129 Å². The van der Waals surface area contributed by atoms with Crippen molar-refractivity contribution in [2.45, 2.75) is 82.7 Å². The van der Waals surface area contributed by atoms with E-state index in [9.17, 15) is 18.0 Å². The lowest BCUT2D eigenvalue weighted by Gasteiger charge is -2.44. The number of thiocarbonyl (C=S) groups is 1. The van der Waals surface area contributed by atoms with Gasteiger partial charge in [-0.15, -0.1) is 0 Å². The standard InChI is InChI=1S/C62H55F5N4O10SSi/c1-75-39-25-23-38(24-26-39)33-77-34-46-55-54(70(61(74)79-55)29-36-15-7-5-8-16-36)57(81-62(82)80-56-52(66)50(64)49(63)51(65)53(56)67)60(78-46)69-32-43(41-20-12-14-22-45(41)69)48-47(58(72)71(59(48)73)30-37-17-9-6-10-18-37)42-31-68(35-76-27-28-83(2,3)4)44-21-13-11-19-40(42)44/h5-26,31-32,46,54-55,57,60H,27-30,33-35H2,1-4H3/t46-,54+,55-,57+,60+/m1/s1. The molecule has 5 atom stereocenters. The van der Waals surface area contributed by atoms with Crippen LogP contribution in [-0.2, 0) is 59.7 Å². The minimum atomic E-state index is -2.42. The van der Waals surface area contributed by atoms with E-state index in [1.807, 2.05) is 77.5 Å². The van der Waals surface area contributed by atoms with E-state index in [1.165, 1.54) is 9.80 Å². The number of aromatic nitrogens is 2. The van der Waals surface area contributed by atoms with E-state index in [2.05, 4.69) is 19.6 Å². The van der Waals surface area contributed by atoms with Gasteiger partial charge in [-0.3, -0.25) is 19.4 Å². The Morgan fingerprint density at radius 2 is 1.22 bits per heavy atom. The molecule has 6 aromatic carbocycles. The van der Waals surface area contributed by atoms with Gasteiger partial charge in [0.1, 0.15) is 24.6 Å². The molecule has 2 fully saturated rings. The molecule has 0 bridgehead atoms. The average molecular weight is 1170 g/mol. The maximum Gasteiger partial charge on any atom is 0.411 e. The van der Waals surface area contributed by atoms with Gasteiger partial charge in [0.05, 0.1) is 49.0 Å². The van der Waals surface area contributed by atoms with E-state index in [0.29, 0.717) is 45.3 Å². The fraction of sp³-hybridized carbons (Fsp3) is 0.258. The highest BCUT2D eigenvalue weighted by atomic mass is 32.1. The van der Waals surface area contributed by atoms with Crippen molar-refractivity contribution in [3.8, 4) is 11.5 Å². The van der Waals surface area contributed by atoms with Gasteiger partial charge in [-0.05, 0) is 47.0 Å². The zero-order valence-electron chi connectivity index (χ0n) is 45.4. The van der Waals surface area contributed by atoms with Crippen LogP contribution in [-0.4, -0.2) is 94.8 Å². The van der Waals surface area contributed by atoms with Crippen LogP contribution < -0.4 is 9.47 Å². The smallest absolute Gasteiger partial charge is 0.411 e. The predicted molar refractivity (Wildman–Crippen MR) is 304 cm³/mol. The van der Waals surface area contributed by atoms with E-state index < -0.39 is 96.6 Å². The maximum atomic E-state index is 15.5. The van der Waals surface area contributed by atoms with E-state index in [1.54, 1.807) is 84.6 Å². The number of hydrogen-bond donors (Lipinski definition) is 0. The van der Waals surface area contributed by atoms with Crippen molar-refractivity contribution in [3.63, 3.8) is 0 Å². The highest BCUT2D eigenvalue weighted by Crippen LogP contribution is 2.46. The third kappa shape index (κ3) is 11.3. The molecule has 14 nitrogen and oxygen atoms in total. The second-order valence-corrected chi connectivity index (χ2v) is 27.4. The Labute approximate surface area is 480 Å². The molecule has 0 N–H and O–H groups in total. The van der Waals surface area contributed by atoms with Gasteiger partial charge in [0.15, 0.2) is 18.4 Å². The van der Waals surface area contributed by atoms with Gasteiger partial charge in [-0.25, -0.2) is 18.0 Å². The third-order valence-corrected chi connectivity index (χ3v) is 16.8. The fourth-order valence-electron chi connectivity index (χ4n) is 10.8. The summed E-state index contributed by atoms with van der Waals surface area (Å²) in [5, 5.41) is 0.0204. The lowest BCUT2D eigenvalue weighted by Crippen LogP contribution is -2.60. The van der Waals surface area contributed by atoms with Gasteiger partial charge in [-0.2, -0.15) is 8.78 Å². The summed E-state index contributed by atoms with van der Waals surface area (Å²) in [5.74, 6) is -13.9. The SMILES string of the molecule is COc1ccc(COC[C@H]2O[C@H](n3cc(C4=C(c5cn(COCC[Si](C)(C)C)c6ccccc56)C(=O)N(Cc5ccccc5)C4=O)c4ccccc43)[C@@H](OC(=S)Oc3c(F)c(F)c(F)c(F)c3F)[C@@H]3[C@@H]2OC(=O)N3Cc2ccccc2)cc1. The number of methoxy groups -OCH3 is 1. The van der Waals surface area contributed by atoms with Gasteiger partial charge in [0.25, 0.3) is 11.8 Å². The van der Waals surface area contributed by atoms with Crippen LogP contribution in [0.5, 0.6) is 11.5 Å². The van der Waals surface area contributed by atoms with Gasteiger partial charge >= 0.3 is 11.3 Å². The summed E-state index contributed by atoms with van der Waals surface area (Å²) in [7, 11) is 0.0918. The summed E-state index contributed by atoms with van der Waals surface area (Å²) in [6, 6.07) is 39.3. The average Bonchev–Trinajstić information content (AvgIpc) is 1.82. The molecule has 3 amide bonds.